The lowest BCUT2D eigenvalue weighted by Gasteiger charge is -2.20. The van der Waals surface area contributed by atoms with Crippen LogP contribution in [0.2, 0.25) is 0 Å². The largest absolute Gasteiger partial charge is 0.373 e. The minimum Gasteiger partial charge on any atom is -0.373 e. The molecular formula is C24H26N8O. The number of carbonyl (C=O) groups excluding carboxylic acids is 1. The van der Waals surface area contributed by atoms with E-state index in [-0.39, 0.29) is 17.9 Å². The number of anilines is 2. The van der Waals surface area contributed by atoms with Gasteiger partial charge in [0.1, 0.15) is 11.6 Å². The Bertz CT molecular complexity index is 1330. The van der Waals surface area contributed by atoms with Gasteiger partial charge < -0.3 is 21.4 Å². The van der Waals surface area contributed by atoms with Crippen LogP contribution in [0.1, 0.15) is 57.9 Å². The second-order valence-corrected chi connectivity index (χ2v) is 8.38. The van der Waals surface area contributed by atoms with Gasteiger partial charge >= 0.3 is 0 Å². The van der Waals surface area contributed by atoms with Crippen molar-refractivity contribution in [3.05, 3.63) is 71.1 Å². The number of rotatable bonds is 7. The molecule has 1 aromatic carbocycles. The summed E-state index contributed by atoms with van der Waals surface area (Å²) in [5.74, 6) is 1.82. The summed E-state index contributed by atoms with van der Waals surface area (Å²) < 4.78 is 0. The molecular weight excluding hydrogens is 416 g/mol. The van der Waals surface area contributed by atoms with Gasteiger partial charge in [0.2, 0.25) is 5.95 Å². The van der Waals surface area contributed by atoms with Crippen LogP contribution in [-0.4, -0.2) is 37.9 Å². The Morgan fingerprint density at radius 3 is 2.82 bits per heavy atom. The second-order valence-electron chi connectivity index (χ2n) is 8.38. The van der Waals surface area contributed by atoms with Gasteiger partial charge in [-0.25, -0.2) is 19.9 Å². The van der Waals surface area contributed by atoms with Gasteiger partial charge in [-0.1, -0.05) is 18.2 Å². The Hall–Kier alpha value is -4.01. The molecule has 1 aliphatic rings. The molecule has 0 radical (unpaired) electrons. The Labute approximate surface area is 191 Å². The minimum absolute atomic E-state index is 0.142. The minimum atomic E-state index is -0.374. The number of amides is 1. The van der Waals surface area contributed by atoms with E-state index in [0.29, 0.717) is 23.6 Å². The molecule has 3 aromatic heterocycles. The van der Waals surface area contributed by atoms with Crippen molar-refractivity contribution in [2.24, 2.45) is 0 Å². The van der Waals surface area contributed by atoms with Gasteiger partial charge in [0.15, 0.2) is 0 Å². The normalized spacial score (nSPS) is 14.2. The van der Waals surface area contributed by atoms with Gasteiger partial charge in [0.25, 0.3) is 5.91 Å². The van der Waals surface area contributed by atoms with E-state index in [1.165, 1.54) is 6.20 Å². The van der Waals surface area contributed by atoms with E-state index in [2.05, 4.69) is 36.6 Å². The van der Waals surface area contributed by atoms with Crippen LogP contribution >= 0.6 is 0 Å². The van der Waals surface area contributed by atoms with E-state index in [1.807, 2.05) is 37.5 Å². The number of carbonyl (C=O) groups is 1. The topological polar surface area (TPSA) is 134 Å². The van der Waals surface area contributed by atoms with Crippen LogP contribution in [0.5, 0.6) is 0 Å². The molecule has 33 heavy (non-hydrogen) atoms. The summed E-state index contributed by atoms with van der Waals surface area (Å²) in [5, 5.41) is 7.41. The summed E-state index contributed by atoms with van der Waals surface area (Å²) in [6.45, 7) is 1.75. The summed E-state index contributed by atoms with van der Waals surface area (Å²) in [7, 11) is 1.84. The molecule has 5 rings (SSSR count). The number of nitrogens with one attached hydrogen (secondary N) is 3. The highest BCUT2D eigenvalue weighted by atomic mass is 16.1. The molecule has 0 aliphatic heterocycles. The number of fused-ring (bicyclic) bond motifs is 1. The molecule has 9 nitrogen and oxygen atoms in total. The van der Waals surface area contributed by atoms with Crippen LogP contribution in [0.4, 0.5) is 11.8 Å². The maximum Gasteiger partial charge on any atom is 0.255 e. The van der Waals surface area contributed by atoms with Gasteiger partial charge in [-0.2, -0.15) is 0 Å². The van der Waals surface area contributed by atoms with Crippen LogP contribution in [0.3, 0.4) is 0 Å². The fourth-order valence-corrected chi connectivity index (χ4v) is 4.01. The number of aromatic nitrogens is 5. The number of hydrogen-bond donors (Lipinski definition) is 4. The lowest BCUT2D eigenvalue weighted by Crippen LogP contribution is -2.32. The number of para-hydroxylation sites is 1. The molecule has 0 unspecified atom stereocenters. The Balaban J connectivity index is 1.53. The highest BCUT2D eigenvalue weighted by molar-refractivity contribution is 5.95. The number of aryl methyl sites for hydroxylation is 1. The molecule has 0 spiro atoms. The van der Waals surface area contributed by atoms with Crippen molar-refractivity contribution in [3.63, 3.8) is 0 Å². The zero-order valence-electron chi connectivity index (χ0n) is 18.6. The molecule has 0 saturated heterocycles. The van der Waals surface area contributed by atoms with Crippen LogP contribution in [0.25, 0.3) is 10.9 Å². The highest BCUT2D eigenvalue weighted by Gasteiger charge is 2.29. The van der Waals surface area contributed by atoms with Crippen molar-refractivity contribution in [1.29, 1.82) is 0 Å². The average Bonchev–Trinajstić information content (AvgIpc) is 3.59. The van der Waals surface area contributed by atoms with Crippen LogP contribution in [-0.2, 0) is 6.42 Å². The van der Waals surface area contributed by atoms with Crippen molar-refractivity contribution in [2.45, 2.75) is 38.1 Å². The number of nitrogen functional groups attached to an aromatic ring is 1. The fourth-order valence-electron chi connectivity index (χ4n) is 4.01. The third-order valence-corrected chi connectivity index (χ3v) is 5.97. The van der Waals surface area contributed by atoms with Gasteiger partial charge in [-0.3, -0.25) is 4.79 Å². The third kappa shape index (κ3) is 4.34. The van der Waals surface area contributed by atoms with E-state index < -0.39 is 0 Å². The number of nitrogens with zero attached hydrogens (tertiary/aromatic N) is 4. The molecule has 0 bridgehead atoms. The van der Waals surface area contributed by atoms with Crippen molar-refractivity contribution in [1.82, 2.24) is 30.2 Å². The summed E-state index contributed by atoms with van der Waals surface area (Å²) in [4.78, 5) is 34.2. The van der Waals surface area contributed by atoms with Crippen LogP contribution < -0.4 is 16.4 Å². The molecule has 4 aromatic rings. The van der Waals surface area contributed by atoms with Crippen LogP contribution in [0, 0.1) is 6.92 Å². The first-order chi connectivity index (χ1) is 16.0. The Kier molecular flexibility index (Phi) is 5.37. The smallest absolute Gasteiger partial charge is 0.255 e. The molecule has 1 atom stereocenters. The van der Waals surface area contributed by atoms with E-state index >= 15 is 0 Å². The van der Waals surface area contributed by atoms with E-state index in [1.54, 1.807) is 6.92 Å². The number of hydrogen-bond acceptors (Lipinski definition) is 7. The van der Waals surface area contributed by atoms with Crippen molar-refractivity contribution >= 4 is 28.6 Å². The van der Waals surface area contributed by atoms with Crippen molar-refractivity contribution < 1.29 is 4.79 Å². The third-order valence-electron chi connectivity index (χ3n) is 5.97. The summed E-state index contributed by atoms with van der Waals surface area (Å²) >= 11 is 0. The molecule has 1 saturated carbocycles. The molecule has 1 amide bonds. The second kappa shape index (κ2) is 8.50. The predicted octanol–water partition coefficient (Wildman–Crippen LogP) is 3.27. The molecule has 5 N–H and O–H groups in total. The van der Waals surface area contributed by atoms with Crippen LogP contribution in [0.15, 0.2) is 42.7 Å². The maximum atomic E-state index is 13.2. The molecule has 9 heteroatoms. The van der Waals surface area contributed by atoms with Gasteiger partial charge in [0.05, 0.1) is 23.0 Å². The zero-order chi connectivity index (χ0) is 22.9. The summed E-state index contributed by atoms with van der Waals surface area (Å²) in [6.07, 6.45) is 6.20. The first-order valence-electron chi connectivity index (χ1n) is 11.0. The fraction of sp³-hybridized carbons (Fsp3) is 0.292. The standard InChI is InChI=1S/C24H26N8O/c1-13-17(12-28-24(25)29-13)23(33)31-19(9-15-11-27-18-6-4-3-5-16(15)18)20-10-21(26-2)32-22(30-20)14-7-8-14/h3-6,10-12,14,19,27H,7-9H2,1-2H3,(H,31,33)(H2,25,28,29)(H,26,30,32)/t19-/m0/s1. The molecule has 1 fully saturated rings. The summed E-state index contributed by atoms with van der Waals surface area (Å²) in [6, 6.07) is 9.65. The Morgan fingerprint density at radius 2 is 2.06 bits per heavy atom. The number of nitrogens with two attached hydrogens (primary N) is 1. The Morgan fingerprint density at radius 1 is 1.24 bits per heavy atom. The zero-order valence-corrected chi connectivity index (χ0v) is 18.6. The molecule has 168 valence electrons. The maximum absolute atomic E-state index is 13.2. The van der Waals surface area contributed by atoms with E-state index in [4.69, 9.17) is 10.7 Å². The first kappa shape index (κ1) is 20.9. The monoisotopic (exact) mass is 442 g/mol. The van der Waals surface area contributed by atoms with Crippen molar-refractivity contribution in [3.8, 4) is 0 Å². The van der Waals surface area contributed by atoms with Gasteiger partial charge in [-0.05, 0) is 31.4 Å². The van der Waals surface area contributed by atoms with Crippen molar-refractivity contribution in [2.75, 3.05) is 18.1 Å². The number of aromatic amines is 1. The first-order valence-corrected chi connectivity index (χ1v) is 11.0. The quantitative estimate of drug-likeness (QED) is 0.345. The predicted molar refractivity (Wildman–Crippen MR) is 127 cm³/mol. The lowest BCUT2D eigenvalue weighted by atomic mass is 10.0. The van der Waals surface area contributed by atoms with Gasteiger partial charge in [-0.15, -0.1) is 0 Å². The lowest BCUT2D eigenvalue weighted by molar-refractivity contribution is 0.0934. The number of benzene rings is 1. The molecule has 1 aliphatic carbocycles. The average molecular weight is 443 g/mol. The molecule has 3 heterocycles. The number of H-pyrrole nitrogens is 1. The summed E-state index contributed by atoms with van der Waals surface area (Å²) in [5.41, 5.74) is 9.50. The SMILES string of the molecule is CNc1cc([C@H](Cc2c[nH]c3ccccc23)NC(=O)c2cnc(N)nc2C)nc(C2CC2)n1. The van der Waals surface area contributed by atoms with Gasteiger partial charge in [0, 0.05) is 48.7 Å². The van der Waals surface area contributed by atoms with E-state index in [9.17, 15) is 4.79 Å². The van der Waals surface area contributed by atoms with E-state index in [0.717, 1.165) is 46.6 Å². The highest BCUT2D eigenvalue weighted by Crippen LogP contribution is 2.39.